The zero-order chi connectivity index (χ0) is 16.1. The van der Waals surface area contributed by atoms with Gasteiger partial charge in [0.15, 0.2) is 5.58 Å². The molecule has 6 nitrogen and oxygen atoms in total. The van der Waals surface area contributed by atoms with Crippen molar-refractivity contribution >= 4 is 17.0 Å². The van der Waals surface area contributed by atoms with E-state index < -0.39 is 0 Å². The van der Waals surface area contributed by atoms with Crippen LogP contribution in [-0.4, -0.2) is 15.5 Å². The van der Waals surface area contributed by atoms with Gasteiger partial charge in [-0.1, -0.05) is 12.1 Å². The molecule has 2 aromatic heterocycles. The molecule has 3 aromatic rings. The Morgan fingerprint density at radius 3 is 2.78 bits per heavy atom. The minimum atomic E-state index is -0.386. The maximum Gasteiger partial charge on any atom is 0.419 e. The number of rotatable bonds is 6. The third-order valence-corrected chi connectivity index (χ3v) is 3.60. The molecule has 0 bridgehead atoms. The van der Waals surface area contributed by atoms with Crippen molar-refractivity contribution in [1.82, 2.24) is 14.9 Å². The van der Waals surface area contributed by atoms with Crippen molar-refractivity contribution in [2.24, 2.45) is 0 Å². The zero-order valence-electron chi connectivity index (χ0n) is 12.6. The Hall–Kier alpha value is -2.89. The first-order valence-corrected chi connectivity index (χ1v) is 7.48. The second kappa shape index (κ2) is 6.91. The van der Waals surface area contributed by atoms with E-state index in [0.717, 1.165) is 11.1 Å². The second-order valence-corrected chi connectivity index (χ2v) is 5.22. The van der Waals surface area contributed by atoms with E-state index in [1.165, 1.54) is 0 Å². The molecule has 0 spiro atoms. The topological polar surface area (TPSA) is 77.1 Å². The van der Waals surface area contributed by atoms with E-state index in [1.54, 1.807) is 23.0 Å². The van der Waals surface area contributed by atoms with Crippen LogP contribution in [0.25, 0.3) is 11.1 Å². The van der Waals surface area contributed by atoms with Crippen molar-refractivity contribution in [2.45, 2.75) is 25.9 Å². The van der Waals surface area contributed by atoms with Crippen LogP contribution in [0.15, 0.2) is 58.0 Å². The number of amides is 1. The van der Waals surface area contributed by atoms with Crippen LogP contribution in [-0.2, 0) is 17.9 Å². The number of oxazole rings is 1. The number of nitrogens with zero attached hydrogens (tertiary/aromatic N) is 2. The van der Waals surface area contributed by atoms with Gasteiger partial charge in [0, 0.05) is 31.9 Å². The number of aryl methyl sites for hydroxylation is 1. The van der Waals surface area contributed by atoms with Crippen molar-refractivity contribution in [2.75, 3.05) is 0 Å². The average Bonchev–Trinajstić information content (AvgIpc) is 2.90. The molecule has 118 valence electrons. The molecule has 0 atom stereocenters. The fraction of sp³-hybridized carbons (Fsp3) is 0.235. The highest BCUT2D eigenvalue weighted by Gasteiger charge is 2.09. The van der Waals surface area contributed by atoms with Gasteiger partial charge >= 0.3 is 5.76 Å². The minimum Gasteiger partial charge on any atom is -0.408 e. The third-order valence-electron chi connectivity index (χ3n) is 3.60. The van der Waals surface area contributed by atoms with E-state index in [2.05, 4.69) is 10.3 Å². The smallest absolute Gasteiger partial charge is 0.408 e. The van der Waals surface area contributed by atoms with Gasteiger partial charge in [-0.2, -0.15) is 0 Å². The molecule has 2 heterocycles. The summed E-state index contributed by atoms with van der Waals surface area (Å²) >= 11 is 0. The molecule has 6 heteroatoms. The summed E-state index contributed by atoms with van der Waals surface area (Å²) in [5.74, 6) is -0.425. The number of hydrogen-bond donors (Lipinski definition) is 1. The normalized spacial score (nSPS) is 10.8. The molecular formula is C17H17N3O3. The van der Waals surface area contributed by atoms with Crippen LogP contribution in [0, 0.1) is 0 Å². The number of benzene rings is 1. The predicted octanol–water partition coefficient (Wildman–Crippen LogP) is 2.09. The van der Waals surface area contributed by atoms with Gasteiger partial charge in [0.05, 0.1) is 5.52 Å². The van der Waals surface area contributed by atoms with E-state index >= 15 is 0 Å². The Bertz CT molecular complexity index is 852. The number of carbonyl (C=O) groups excluding carboxylic acids is 1. The first-order chi connectivity index (χ1) is 11.2. The summed E-state index contributed by atoms with van der Waals surface area (Å²) < 4.78 is 6.72. The fourth-order valence-electron chi connectivity index (χ4n) is 2.41. The Balaban J connectivity index is 1.51. The molecule has 1 aromatic carbocycles. The molecule has 0 saturated heterocycles. The quantitative estimate of drug-likeness (QED) is 0.756. The number of para-hydroxylation sites is 2. The monoisotopic (exact) mass is 311 g/mol. The Kier molecular flexibility index (Phi) is 4.52. The molecule has 0 aliphatic rings. The summed E-state index contributed by atoms with van der Waals surface area (Å²) in [6, 6.07) is 11.0. The van der Waals surface area contributed by atoms with Crippen LogP contribution in [0.3, 0.4) is 0 Å². The number of pyridine rings is 1. The van der Waals surface area contributed by atoms with Crippen LogP contribution in [0.4, 0.5) is 0 Å². The van der Waals surface area contributed by atoms with Crippen LogP contribution < -0.4 is 11.1 Å². The Morgan fingerprint density at radius 2 is 1.96 bits per heavy atom. The minimum absolute atomic E-state index is 0.0392. The highest BCUT2D eigenvalue weighted by Crippen LogP contribution is 2.12. The number of nitrogens with one attached hydrogen (secondary N) is 1. The lowest BCUT2D eigenvalue weighted by atomic mass is 10.2. The van der Waals surface area contributed by atoms with Crippen molar-refractivity contribution < 1.29 is 9.21 Å². The Morgan fingerprint density at radius 1 is 1.17 bits per heavy atom. The third kappa shape index (κ3) is 3.66. The fourth-order valence-corrected chi connectivity index (χ4v) is 2.41. The molecule has 1 N–H and O–H groups in total. The molecule has 0 radical (unpaired) electrons. The van der Waals surface area contributed by atoms with Gasteiger partial charge in [0.2, 0.25) is 5.91 Å². The summed E-state index contributed by atoms with van der Waals surface area (Å²) in [6.07, 6.45) is 4.32. The molecule has 1 amide bonds. The summed E-state index contributed by atoms with van der Waals surface area (Å²) in [4.78, 5) is 27.6. The maximum absolute atomic E-state index is 11.9. The number of carbonyl (C=O) groups is 1. The summed E-state index contributed by atoms with van der Waals surface area (Å²) in [7, 11) is 0. The largest absolute Gasteiger partial charge is 0.419 e. The van der Waals surface area contributed by atoms with Gasteiger partial charge in [0.1, 0.15) is 0 Å². The zero-order valence-corrected chi connectivity index (χ0v) is 12.6. The molecule has 0 aliphatic carbocycles. The van der Waals surface area contributed by atoms with Crippen LogP contribution in [0.5, 0.6) is 0 Å². The van der Waals surface area contributed by atoms with Crippen LogP contribution >= 0.6 is 0 Å². The molecule has 0 saturated carbocycles. The van der Waals surface area contributed by atoms with Gasteiger partial charge in [-0.05, 0) is 36.2 Å². The summed E-state index contributed by atoms with van der Waals surface area (Å²) in [6.45, 7) is 0.939. The molecule has 0 fully saturated rings. The molecule has 0 unspecified atom stereocenters. The van der Waals surface area contributed by atoms with E-state index in [4.69, 9.17) is 4.42 Å². The molecule has 23 heavy (non-hydrogen) atoms. The number of aromatic nitrogens is 2. The molecule has 3 rings (SSSR count). The van der Waals surface area contributed by atoms with E-state index in [1.807, 2.05) is 30.3 Å². The van der Waals surface area contributed by atoms with Crippen molar-refractivity contribution in [3.05, 3.63) is 64.9 Å². The summed E-state index contributed by atoms with van der Waals surface area (Å²) in [5.41, 5.74) is 2.33. The van der Waals surface area contributed by atoms with Gasteiger partial charge in [0.25, 0.3) is 0 Å². The van der Waals surface area contributed by atoms with E-state index in [0.29, 0.717) is 31.5 Å². The highest BCUT2D eigenvalue weighted by molar-refractivity contribution is 5.76. The van der Waals surface area contributed by atoms with Crippen LogP contribution in [0.1, 0.15) is 18.4 Å². The highest BCUT2D eigenvalue weighted by atomic mass is 16.4. The number of hydrogen-bond acceptors (Lipinski definition) is 4. The predicted molar refractivity (Wildman–Crippen MR) is 85.8 cm³/mol. The van der Waals surface area contributed by atoms with Gasteiger partial charge in [-0.25, -0.2) is 4.79 Å². The van der Waals surface area contributed by atoms with Crippen LogP contribution in [0.2, 0.25) is 0 Å². The van der Waals surface area contributed by atoms with Crippen molar-refractivity contribution in [1.29, 1.82) is 0 Å². The standard InChI is InChI=1S/C17H17N3O3/c21-16(19-12-13-7-9-18-10-8-13)6-3-11-20-14-4-1-2-5-15(14)23-17(20)22/h1-2,4-5,7-10H,3,6,11-12H2,(H,19,21). The first kappa shape index (κ1) is 15.0. The van der Waals surface area contributed by atoms with E-state index in [-0.39, 0.29) is 11.7 Å². The van der Waals surface area contributed by atoms with Gasteiger partial charge in [-0.3, -0.25) is 14.3 Å². The lowest BCUT2D eigenvalue weighted by Crippen LogP contribution is -2.23. The van der Waals surface area contributed by atoms with Gasteiger partial charge in [-0.15, -0.1) is 0 Å². The maximum atomic E-state index is 11.9. The summed E-state index contributed by atoms with van der Waals surface area (Å²) in [5, 5.41) is 2.85. The van der Waals surface area contributed by atoms with Crippen molar-refractivity contribution in [3.8, 4) is 0 Å². The van der Waals surface area contributed by atoms with E-state index in [9.17, 15) is 9.59 Å². The molecule has 0 aliphatic heterocycles. The lowest BCUT2D eigenvalue weighted by molar-refractivity contribution is -0.121. The number of fused-ring (bicyclic) bond motifs is 1. The SMILES string of the molecule is O=C(CCCn1c(=O)oc2ccccc21)NCc1ccncc1. The van der Waals surface area contributed by atoms with Crippen molar-refractivity contribution in [3.63, 3.8) is 0 Å². The second-order valence-electron chi connectivity index (χ2n) is 5.22. The molecular weight excluding hydrogens is 294 g/mol. The lowest BCUT2D eigenvalue weighted by Gasteiger charge is -2.05. The average molecular weight is 311 g/mol. The Labute approximate surface area is 132 Å². The first-order valence-electron chi connectivity index (χ1n) is 7.48. The van der Waals surface area contributed by atoms with Gasteiger partial charge < -0.3 is 9.73 Å².